The molecule has 0 bridgehead atoms. The molecule has 152 valence electrons. The number of benzene rings is 1. The van der Waals surface area contributed by atoms with Crippen LogP contribution in [0.4, 0.5) is 13.2 Å². The topological polar surface area (TPSA) is 70.8 Å². The van der Waals surface area contributed by atoms with Gasteiger partial charge in [-0.2, -0.15) is 13.2 Å². The maximum Gasteiger partial charge on any atom is 0.416 e. The van der Waals surface area contributed by atoms with E-state index in [-0.39, 0.29) is 36.6 Å². The average Bonchev–Trinajstić information content (AvgIpc) is 3.21. The SMILES string of the molecule is O=C(O)CCCN1C(=O)/C(=C\c2ccc(-c3cccc(C(F)(F)F)c3)o2)SC1=S. The molecule has 1 amide bonds. The summed E-state index contributed by atoms with van der Waals surface area (Å²) in [4.78, 5) is 24.7. The van der Waals surface area contributed by atoms with Crippen molar-refractivity contribution in [3.8, 4) is 11.3 Å². The summed E-state index contributed by atoms with van der Waals surface area (Å²) in [5.41, 5.74) is -0.518. The lowest BCUT2D eigenvalue weighted by atomic mass is 10.1. The lowest BCUT2D eigenvalue weighted by Crippen LogP contribution is -2.29. The van der Waals surface area contributed by atoms with E-state index in [1.54, 1.807) is 6.07 Å². The van der Waals surface area contributed by atoms with Gasteiger partial charge in [0.2, 0.25) is 0 Å². The highest BCUT2D eigenvalue weighted by molar-refractivity contribution is 8.26. The fourth-order valence-electron chi connectivity index (χ4n) is 2.64. The first-order valence-corrected chi connectivity index (χ1v) is 9.62. The average molecular weight is 441 g/mol. The van der Waals surface area contributed by atoms with Crippen molar-refractivity contribution in [2.45, 2.75) is 19.0 Å². The number of rotatable bonds is 6. The van der Waals surface area contributed by atoms with E-state index >= 15 is 0 Å². The van der Waals surface area contributed by atoms with E-state index < -0.39 is 17.7 Å². The molecule has 2 aromatic rings. The summed E-state index contributed by atoms with van der Waals surface area (Å²) >= 11 is 6.22. The van der Waals surface area contributed by atoms with Crippen molar-refractivity contribution >= 4 is 46.3 Å². The van der Waals surface area contributed by atoms with Crippen molar-refractivity contribution in [3.63, 3.8) is 0 Å². The summed E-state index contributed by atoms with van der Waals surface area (Å²) < 4.78 is 44.5. The Labute approximate surface area is 173 Å². The first kappa shape index (κ1) is 21.1. The second-order valence-electron chi connectivity index (χ2n) is 6.11. The largest absolute Gasteiger partial charge is 0.481 e. The molecule has 1 N–H and O–H groups in total. The quantitative estimate of drug-likeness (QED) is 0.501. The summed E-state index contributed by atoms with van der Waals surface area (Å²) in [6, 6.07) is 7.83. The molecule has 1 saturated heterocycles. The van der Waals surface area contributed by atoms with Crippen LogP contribution in [0.5, 0.6) is 0 Å². The molecule has 1 aromatic heterocycles. The van der Waals surface area contributed by atoms with Crippen LogP contribution in [0.3, 0.4) is 0 Å². The van der Waals surface area contributed by atoms with Gasteiger partial charge in [-0.1, -0.05) is 36.1 Å². The highest BCUT2D eigenvalue weighted by atomic mass is 32.2. The molecular weight excluding hydrogens is 427 g/mol. The van der Waals surface area contributed by atoms with Gasteiger partial charge in [-0.05, 0) is 30.7 Å². The van der Waals surface area contributed by atoms with Gasteiger partial charge in [-0.25, -0.2) is 0 Å². The Morgan fingerprint density at radius 1 is 1.28 bits per heavy atom. The number of thiocarbonyl (C=S) groups is 1. The molecule has 10 heteroatoms. The van der Waals surface area contributed by atoms with E-state index in [1.165, 1.54) is 29.2 Å². The molecule has 29 heavy (non-hydrogen) atoms. The maximum atomic E-state index is 12.9. The Morgan fingerprint density at radius 3 is 2.72 bits per heavy atom. The molecule has 0 atom stereocenters. The van der Waals surface area contributed by atoms with Crippen molar-refractivity contribution in [2.24, 2.45) is 0 Å². The number of carboxylic acids is 1. The number of thioether (sulfide) groups is 1. The number of hydrogen-bond acceptors (Lipinski definition) is 5. The second-order valence-corrected chi connectivity index (χ2v) is 7.79. The standard InChI is InChI=1S/C19H14F3NO4S2/c20-19(21,22)12-4-1-3-11(9-12)14-7-6-13(27-14)10-15-17(26)23(18(28)29-15)8-2-5-16(24)25/h1,3-4,6-7,9-10H,2,5,8H2,(H,24,25)/b15-10+. The van der Waals surface area contributed by atoms with E-state index in [2.05, 4.69) is 0 Å². The summed E-state index contributed by atoms with van der Waals surface area (Å²) in [6.07, 6.45) is -2.79. The number of halogens is 3. The third-order valence-corrected chi connectivity index (χ3v) is 5.40. The molecule has 1 aliphatic heterocycles. The Balaban J connectivity index is 1.76. The molecule has 0 aliphatic carbocycles. The molecule has 1 fully saturated rings. The van der Waals surface area contributed by atoms with Crippen LogP contribution >= 0.6 is 24.0 Å². The Kier molecular flexibility index (Phi) is 6.13. The molecular formula is C19H14F3NO4S2. The number of amides is 1. The molecule has 0 spiro atoms. The van der Waals surface area contributed by atoms with Gasteiger partial charge in [-0.3, -0.25) is 14.5 Å². The fraction of sp³-hybridized carbons (Fsp3) is 0.211. The van der Waals surface area contributed by atoms with Crippen LogP contribution in [0.25, 0.3) is 17.4 Å². The van der Waals surface area contributed by atoms with Gasteiger partial charge in [-0.15, -0.1) is 0 Å². The monoisotopic (exact) mass is 441 g/mol. The highest BCUT2D eigenvalue weighted by Crippen LogP contribution is 2.35. The van der Waals surface area contributed by atoms with Crippen LogP contribution in [0.2, 0.25) is 0 Å². The van der Waals surface area contributed by atoms with E-state index in [0.717, 1.165) is 23.9 Å². The number of hydrogen-bond donors (Lipinski definition) is 1. The summed E-state index contributed by atoms with van der Waals surface area (Å²) in [5.74, 6) is -0.783. The van der Waals surface area contributed by atoms with Crippen LogP contribution in [-0.2, 0) is 15.8 Å². The fourth-order valence-corrected chi connectivity index (χ4v) is 3.93. The first-order chi connectivity index (χ1) is 13.6. The normalized spacial score (nSPS) is 16.1. The molecule has 1 aromatic carbocycles. The molecule has 2 heterocycles. The van der Waals surface area contributed by atoms with Gasteiger partial charge in [0.1, 0.15) is 15.8 Å². The van der Waals surface area contributed by atoms with Crippen molar-refractivity contribution in [2.75, 3.05) is 6.54 Å². The van der Waals surface area contributed by atoms with Crippen molar-refractivity contribution in [1.82, 2.24) is 4.90 Å². The minimum absolute atomic E-state index is 0.0748. The van der Waals surface area contributed by atoms with Crippen molar-refractivity contribution < 1.29 is 32.3 Å². The minimum Gasteiger partial charge on any atom is -0.481 e. The molecule has 1 aliphatic rings. The van der Waals surface area contributed by atoms with E-state index in [0.29, 0.717) is 15.0 Å². The third-order valence-electron chi connectivity index (χ3n) is 4.02. The Hall–Kier alpha value is -2.59. The molecule has 0 saturated carbocycles. The highest BCUT2D eigenvalue weighted by Gasteiger charge is 2.32. The smallest absolute Gasteiger partial charge is 0.416 e. The zero-order valence-corrected chi connectivity index (χ0v) is 16.4. The molecule has 0 unspecified atom stereocenters. The van der Waals surface area contributed by atoms with Crippen LogP contribution in [0, 0.1) is 0 Å². The van der Waals surface area contributed by atoms with E-state index in [9.17, 15) is 22.8 Å². The molecule has 5 nitrogen and oxygen atoms in total. The van der Waals surface area contributed by atoms with Crippen molar-refractivity contribution in [3.05, 3.63) is 52.6 Å². The summed E-state index contributed by atoms with van der Waals surface area (Å²) in [6.45, 7) is 0.196. The maximum absolute atomic E-state index is 12.9. The number of furan rings is 1. The number of nitrogens with zero attached hydrogens (tertiary/aromatic N) is 1. The van der Waals surface area contributed by atoms with E-state index in [4.69, 9.17) is 21.7 Å². The summed E-state index contributed by atoms with van der Waals surface area (Å²) in [7, 11) is 0. The van der Waals surface area contributed by atoms with Gasteiger partial charge in [0.15, 0.2) is 0 Å². The lowest BCUT2D eigenvalue weighted by Gasteiger charge is -2.13. The number of carbonyl (C=O) groups is 2. The molecule has 3 rings (SSSR count). The predicted octanol–water partition coefficient (Wildman–Crippen LogP) is 5.03. The van der Waals surface area contributed by atoms with Gasteiger partial charge >= 0.3 is 12.1 Å². The van der Waals surface area contributed by atoms with Crippen LogP contribution in [0.1, 0.15) is 24.2 Å². The van der Waals surface area contributed by atoms with Gasteiger partial charge < -0.3 is 9.52 Å². The minimum atomic E-state index is -4.46. The Bertz CT molecular complexity index is 997. The lowest BCUT2D eigenvalue weighted by molar-refractivity contribution is -0.138. The molecule has 0 radical (unpaired) electrons. The third kappa shape index (κ3) is 5.07. The van der Waals surface area contributed by atoms with Crippen LogP contribution < -0.4 is 0 Å². The summed E-state index contributed by atoms with van der Waals surface area (Å²) in [5, 5.41) is 8.70. The van der Waals surface area contributed by atoms with Crippen LogP contribution in [0.15, 0.2) is 45.7 Å². The van der Waals surface area contributed by atoms with Gasteiger partial charge in [0, 0.05) is 24.6 Å². The Morgan fingerprint density at radius 2 is 2.03 bits per heavy atom. The second kappa shape index (κ2) is 8.42. The predicted molar refractivity (Wildman–Crippen MR) is 106 cm³/mol. The zero-order valence-electron chi connectivity index (χ0n) is 14.7. The number of carbonyl (C=O) groups excluding carboxylic acids is 1. The van der Waals surface area contributed by atoms with Gasteiger partial charge in [0.25, 0.3) is 5.91 Å². The van der Waals surface area contributed by atoms with Gasteiger partial charge in [0.05, 0.1) is 10.5 Å². The van der Waals surface area contributed by atoms with Crippen LogP contribution in [-0.4, -0.2) is 32.7 Å². The number of aliphatic carboxylic acids is 1. The first-order valence-electron chi connectivity index (χ1n) is 8.40. The van der Waals surface area contributed by atoms with E-state index in [1.807, 2.05) is 0 Å². The number of alkyl halides is 3. The number of carboxylic acid groups (broad SMARTS) is 1. The van der Waals surface area contributed by atoms with Crippen molar-refractivity contribution in [1.29, 1.82) is 0 Å². The zero-order chi connectivity index (χ0) is 21.2.